The highest BCUT2D eigenvalue weighted by molar-refractivity contribution is 9.11. The molecule has 190 valence electrons. The lowest BCUT2D eigenvalue weighted by molar-refractivity contribution is 0.0438. The summed E-state index contributed by atoms with van der Waals surface area (Å²) < 4.78 is 15.3. The number of aliphatic hydroxyl groups excluding tert-OH is 1. The lowest BCUT2D eigenvalue weighted by Gasteiger charge is -2.45. The van der Waals surface area contributed by atoms with Crippen molar-refractivity contribution in [2.24, 2.45) is 29.6 Å². The summed E-state index contributed by atoms with van der Waals surface area (Å²) in [6.45, 7) is 33.6. The van der Waals surface area contributed by atoms with Crippen LogP contribution in [0.1, 0.15) is 48.5 Å². The van der Waals surface area contributed by atoms with E-state index < -0.39 is 22.7 Å². The zero-order valence-corrected chi connectivity index (χ0v) is 26.5. The van der Waals surface area contributed by atoms with Crippen molar-refractivity contribution in [3.05, 3.63) is 35.9 Å². The van der Waals surface area contributed by atoms with Crippen molar-refractivity contribution in [1.82, 2.24) is 0 Å². The van der Waals surface area contributed by atoms with Gasteiger partial charge in [-0.3, -0.25) is 0 Å². The summed E-state index contributed by atoms with van der Waals surface area (Å²) >= 11 is 3.82. The molecule has 1 saturated carbocycles. The van der Waals surface area contributed by atoms with E-state index >= 15 is 0 Å². The number of allylic oxidation sites excluding steroid dienone is 1. The summed E-state index contributed by atoms with van der Waals surface area (Å²) in [5.41, 5.74) is 0. The van der Waals surface area contributed by atoms with E-state index in [9.17, 15) is 5.11 Å². The summed E-state index contributed by atoms with van der Waals surface area (Å²) in [6, 6.07) is 0. The van der Waals surface area contributed by atoms with Gasteiger partial charge < -0.3 is 14.0 Å². The maximum atomic E-state index is 10.9. The maximum absolute atomic E-state index is 10.9. The second-order valence-corrected chi connectivity index (χ2v) is 23.7. The number of hydrogen-bond acceptors (Lipinski definition) is 3. The third-order valence-corrected chi connectivity index (χ3v) is 18.9. The van der Waals surface area contributed by atoms with Gasteiger partial charge in [0.15, 0.2) is 16.6 Å². The van der Waals surface area contributed by atoms with E-state index in [2.05, 4.69) is 110 Å². The van der Waals surface area contributed by atoms with E-state index in [1.807, 2.05) is 6.08 Å². The molecule has 0 aromatic rings. The van der Waals surface area contributed by atoms with E-state index in [0.717, 1.165) is 4.48 Å². The first kappa shape index (κ1) is 29.2. The molecule has 0 spiro atoms. The van der Waals surface area contributed by atoms with Crippen LogP contribution in [-0.4, -0.2) is 40.1 Å². The lowest BCUT2D eigenvalue weighted by atomic mass is 9.69. The van der Waals surface area contributed by atoms with Crippen LogP contribution >= 0.6 is 15.9 Å². The third-order valence-electron chi connectivity index (χ3n) is 9.12. The zero-order chi connectivity index (χ0) is 25.7. The van der Waals surface area contributed by atoms with Crippen molar-refractivity contribution < 1.29 is 14.0 Å². The molecule has 2 rings (SSSR count). The lowest BCUT2D eigenvalue weighted by Crippen LogP contribution is -2.49. The van der Waals surface area contributed by atoms with Crippen LogP contribution in [0, 0.1) is 29.6 Å². The number of rotatable bonds is 7. The average Bonchev–Trinajstić information content (AvgIpc) is 2.89. The molecule has 0 bridgehead atoms. The first-order chi connectivity index (χ1) is 14.8. The average molecular weight is 558 g/mol. The maximum Gasteiger partial charge on any atom is 0.192 e. The van der Waals surface area contributed by atoms with Crippen LogP contribution in [0.5, 0.6) is 0 Å². The van der Waals surface area contributed by atoms with Gasteiger partial charge in [-0.15, -0.1) is 13.2 Å². The number of hydrogen-bond donors (Lipinski definition) is 1. The zero-order valence-electron chi connectivity index (χ0n) is 22.9. The molecular weight excluding hydrogens is 508 g/mol. The number of fused-ring (bicyclic) bond motifs is 1. The molecular formula is C27H49BrO3Si2. The fourth-order valence-corrected chi connectivity index (χ4v) is 8.67. The molecule has 0 aliphatic heterocycles. The Morgan fingerprint density at radius 1 is 0.970 bits per heavy atom. The molecule has 0 aromatic carbocycles. The minimum absolute atomic E-state index is 0.0602. The number of halogens is 1. The van der Waals surface area contributed by atoms with Gasteiger partial charge in [0, 0.05) is 17.8 Å². The van der Waals surface area contributed by atoms with Gasteiger partial charge in [-0.05, 0) is 52.6 Å². The Morgan fingerprint density at radius 3 is 1.82 bits per heavy atom. The predicted octanol–water partition coefficient (Wildman–Crippen LogP) is 7.91. The molecule has 0 heterocycles. The van der Waals surface area contributed by atoms with Crippen LogP contribution in [0.4, 0.5) is 0 Å². The fourth-order valence-electron chi connectivity index (χ4n) is 4.97. The first-order valence-corrected chi connectivity index (χ1v) is 19.1. The van der Waals surface area contributed by atoms with Crippen LogP contribution in [0.15, 0.2) is 35.9 Å². The molecule has 1 N–H and O–H groups in total. The SMILES string of the molecule is C=CC(O)[C@@H]1C(Br)=C[C@@H]2[C@@H](O[Si](C)(C)C(C)(C)C)[C@H](C)[C@@H](O[Si](C)(C)C(C)(C)C)[C@@H]2[C@H]1C=C. The second kappa shape index (κ2) is 9.81. The highest BCUT2D eigenvalue weighted by atomic mass is 79.9. The molecule has 6 heteroatoms. The Hall–Kier alpha value is 0.0138. The van der Waals surface area contributed by atoms with E-state index in [1.54, 1.807) is 6.08 Å². The van der Waals surface area contributed by atoms with Gasteiger partial charge in [-0.1, -0.05) is 82.6 Å². The van der Waals surface area contributed by atoms with Gasteiger partial charge in [-0.2, -0.15) is 0 Å². The largest absolute Gasteiger partial charge is 0.413 e. The Balaban J connectivity index is 2.62. The van der Waals surface area contributed by atoms with E-state index in [4.69, 9.17) is 8.85 Å². The summed E-state index contributed by atoms with van der Waals surface area (Å²) in [5, 5.41) is 11.1. The Kier molecular flexibility index (Phi) is 8.70. The van der Waals surface area contributed by atoms with Crippen LogP contribution in [0.3, 0.4) is 0 Å². The highest BCUT2D eigenvalue weighted by Gasteiger charge is 2.58. The molecule has 3 nitrogen and oxygen atoms in total. The van der Waals surface area contributed by atoms with Crippen LogP contribution < -0.4 is 0 Å². The predicted molar refractivity (Wildman–Crippen MR) is 151 cm³/mol. The molecule has 33 heavy (non-hydrogen) atoms. The van der Waals surface area contributed by atoms with Gasteiger partial charge in [0.25, 0.3) is 0 Å². The van der Waals surface area contributed by atoms with Gasteiger partial charge in [0.05, 0.1) is 18.3 Å². The second-order valence-electron chi connectivity index (χ2n) is 13.3. The molecule has 0 radical (unpaired) electrons. The van der Waals surface area contributed by atoms with Crippen molar-refractivity contribution in [2.45, 2.75) is 103 Å². The van der Waals surface area contributed by atoms with Crippen LogP contribution in [0.2, 0.25) is 36.3 Å². The topological polar surface area (TPSA) is 38.7 Å². The van der Waals surface area contributed by atoms with Crippen molar-refractivity contribution in [2.75, 3.05) is 0 Å². The molecule has 2 aliphatic carbocycles. The minimum atomic E-state index is -2.02. The third kappa shape index (κ3) is 5.56. The normalized spacial score (nSPS) is 34.5. The summed E-state index contributed by atoms with van der Waals surface area (Å²) in [7, 11) is -4.02. The number of aliphatic hydroxyl groups is 1. The van der Waals surface area contributed by atoms with Crippen LogP contribution in [-0.2, 0) is 8.85 Å². The fraction of sp³-hybridized carbons (Fsp3) is 0.778. The Morgan fingerprint density at radius 2 is 1.42 bits per heavy atom. The molecule has 0 saturated heterocycles. The van der Waals surface area contributed by atoms with Gasteiger partial charge >= 0.3 is 0 Å². The van der Waals surface area contributed by atoms with Gasteiger partial charge in [0.1, 0.15) is 0 Å². The van der Waals surface area contributed by atoms with Crippen molar-refractivity contribution in [1.29, 1.82) is 0 Å². The monoisotopic (exact) mass is 556 g/mol. The Bertz CT molecular complexity index is 762. The minimum Gasteiger partial charge on any atom is -0.413 e. The Labute approximate surface area is 214 Å². The highest BCUT2D eigenvalue weighted by Crippen LogP contribution is 2.56. The summed E-state index contributed by atoms with van der Waals surface area (Å²) in [4.78, 5) is 0. The van der Waals surface area contributed by atoms with E-state index in [0.29, 0.717) is 0 Å². The van der Waals surface area contributed by atoms with Gasteiger partial charge in [0.2, 0.25) is 0 Å². The van der Waals surface area contributed by atoms with Crippen molar-refractivity contribution in [3.63, 3.8) is 0 Å². The molecule has 1 unspecified atom stereocenters. The first-order valence-electron chi connectivity index (χ1n) is 12.5. The molecule has 8 atom stereocenters. The quantitative estimate of drug-likeness (QED) is 0.255. The summed E-state index contributed by atoms with van der Waals surface area (Å²) in [6.07, 6.45) is 5.50. The molecule has 0 amide bonds. The van der Waals surface area contributed by atoms with Crippen molar-refractivity contribution in [3.8, 4) is 0 Å². The van der Waals surface area contributed by atoms with E-state index in [1.165, 1.54) is 0 Å². The standard InChI is InChI=1S/C27H49BrO3Si2/c1-14-18-22-19(16-20(28)23(18)21(29)15-2)24(30-32(10,11)26(4,5)6)17(3)25(22)31-33(12,13)27(7,8)9/h14-19,21-25,29H,1-2H2,3-13H3/t17-,18+,19-,21?,22+,23-,24-,25+/m0/s1. The van der Waals surface area contributed by atoms with Gasteiger partial charge in [-0.25, -0.2) is 0 Å². The smallest absolute Gasteiger partial charge is 0.192 e. The van der Waals surface area contributed by atoms with Crippen molar-refractivity contribution >= 4 is 32.6 Å². The van der Waals surface area contributed by atoms with Crippen LogP contribution in [0.25, 0.3) is 0 Å². The summed E-state index contributed by atoms with van der Waals surface area (Å²) in [5.74, 6) is 0.664. The molecule has 2 aliphatic rings. The van der Waals surface area contributed by atoms with E-state index in [-0.39, 0.29) is 51.9 Å². The molecule has 1 fully saturated rings. The molecule has 0 aromatic heterocycles.